The molecule has 0 aromatic carbocycles. The molecule has 0 saturated carbocycles. The first-order chi connectivity index (χ1) is 8.83. The highest BCUT2D eigenvalue weighted by atomic mass is 16.5. The van der Waals surface area contributed by atoms with Crippen LogP contribution < -0.4 is 10.1 Å². The fourth-order valence-electron chi connectivity index (χ4n) is 2.23. The maximum atomic E-state index is 5.35. The quantitative estimate of drug-likeness (QED) is 0.678. The van der Waals surface area contributed by atoms with Gasteiger partial charge in [-0.1, -0.05) is 45.6 Å². The Labute approximate surface area is 111 Å². The molecule has 1 unspecified atom stereocenters. The zero-order valence-corrected chi connectivity index (χ0v) is 11.9. The summed E-state index contributed by atoms with van der Waals surface area (Å²) in [6.07, 6.45) is 8.09. The van der Waals surface area contributed by atoms with Crippen LogP contribution in [-0.2, 0) is 0 Å². The molecule has 3 nitrogen and oxygen atoms in total. The first-order valence-corrected chi connectivity index (χ1v) is 7.05. The number of rotatable bonds is 9. The van der Waals surface area contributed by atoms with Gasteiger partial charge in [0.05, 0.1) is 7.11 Å². The van der Waals surface area contributed by atoms with E-state index in [1.54, 1.807) is 13.3 Å². The summed E-state index contributed by atoms with van der Waals surface area (Å²) in [5.41, 5.74) is 1.18. The van der Waals surface area contributed by atoms with Crippen molar-refractivity contribution in [2.45, 2.75) is 52.0 Å². The maximum Gasteiger partial charge on any atom is 0.217 e. The molecule has 0 saturated heterocycles. The molecule has 1 N–H and O–H groups in total. The van der Waals surface area contributed by atoms with Crippen molar-refractivity contribution < 1.29 is 4.74 Å². The minimum Gasteiger partial charge on any atom is -0.481 e. The Morgan fingerprint density at radius 1 is 1.28 bits per heavy atom. The van der Waals surface area contributed by atoms with Crippen LogP contribution in [0.25, 0.3) is 0 Å². The van der Waals surface area contributed by atoms with E-state index in [-0.39, 0.29) is 0 Å². The van der Waals surface area contributed by atoms with E-state index < -0.39 is 0 Å². The summed E-state index contributed by atoms with van der Waals surface area (Å²) in [4.78, 5) is 4.28. The Bertz CT molecular complexity index is 328. The van der Waals surface area contributed by atoms with E-state index in [1.807, 2.05) is 6.07 Å². The fraction of sp³-hybridized carbons (Fsp3) is 0.667. The van der Waals surface area contributed by atoms with Crippen molar-refractivity contribution >= 4 is 0 Å². The Kier molecular flexibility index (Phi) is 7.42. The van der Waals surface area contributed by atoms with Gasteiger partial charge in [-0.2, -0.15) is 0 Å². The molecule has 0 amide bonds. The number of ether oxygens (including phenoxy) is 1. The molecule has 0 aliphatic heterocycles. The van der Waals surface area contributed by atoms with E-state index in [0.717, 1.165) is 18.8 Å². The minimum atomic E-state index is 0.357. The van der Waals surface area contributed by atoms with Gasteiger partial charge in [-0.05, 0) is 19.0 Å². The molecule has 0 bridgehead atoms. The maximum absolute atomic E-state index is 5.35. The van der Waals surface area contributed by atoms with Crippen molar-refractivity contribution in [2.75, 3.05) is 13.7 Å². The van der Waals surface area contributed by atoms with Gasteiger partial charge in [0.2, 0.25) is 5.88 Å². The largest absolute Gasteiger partial charge is 0.481 e. The molecule has 0 fully saturated rings. The van der Waals surface area contributed by atoms with Crippen LogP contribution in [0.3, 0.4) is 0 Å². The summed E-state index contributed by atoms with van der Waals surface area (Å²) < 4.78 is 5.35. The van der Waals surface area contributed by atoms with Crippen molar-refractivity contribution in [3.8, 4) is 5.88 Å². The second kappa shape index (κ2) is 8.92. The molecule has 18 heavy (non-hydrogen) atoms. The van der Waals surface area contributed by atoms with Gasteiger partial charge in [0.15, 0.2) is 0 Å². The van der Waals surface area contributed by atoms with Crippen LogP contribution in [0, 0.1) is 0 Å². The van der Waals surface area contributed by atoms with Crippen molar-refractivity contribution in [1.82, 2.24) is 10.3 Å². The molecule has 102 valence electrons. The Morgan fingerprint density at radius 2 is 2.11 bits per heavy atom. The third-order valence-corrected chi connectivity index (χ3v) is 3.17. The third kappa shape index (κ3) is 4.65. The van der Waals surface area contributed by atoms with E-state index in [2.05, 4.69) is 30.2 Å². The van der Waals surface area contributed by atoms with Gasteiger partial charge in [0, 0.05) is 17.8 Å². The van der Waals surface area contributed by atoms with Gasteiger partial charge in [0.25, 0.3) is 0 Å². The summed E-state index contributed by atoms with van der Waals surface area (Å²) in [6.45, 7) is 5.35. The highest BCUT2D eigenvalue weighted by molar-refractivity contribution is 5.28. The SMILES string of the molecule is CCCCCCC(NCC)c1cccnc1OC. The second-order valence-corrected chi connectivity index (χ2v) is 4.56. The average molecular weight is 250 g/mol. The topological polar surface area (TPSA) is 34.2 Å². The molecular formula is C15H26N2O. The van der Waals surface area contributed by atoms with E-state index in [0.29, 0.717) is 6.04 Å². The average Bonchev–Trinajstić information content (AvgIpc) is 2.42. The fourth-order valence-corrected chi connectivity index (χ4v) is 2.23. The standard InChI is InChI=1S/C15H26N2O/c1-4-6-7-8-11-14(16-5-2)13-10-9-12-17-15(13)18-3/h9-10,12,14,16H,4-8,11H2,1-3H3. The number of unbranched alkanes of at least 4 members (excludes halogenated alkanes) is 3. The van der Waals surface area contributed by atoms with Crippen LogP contribution in [0.4, 0.5) is 0 Å². The summed E-state index contributed by atoms with van der Waals surface area (Å²) >= 11 is 0. The van der Waals surface area contributed by atoms with Gasteiger partial charge in [-0.3, -0.25) is 0 Å². The molecule has 1 atom stereocenters. The number of nitrogens with one attached hydrogen (secondary N) is 1. The molecule has 1 heterocycles. The van der Waals surface area contributed by atoms with Crippen LogP contribution in [-0.4, -0.2) is 18.6 Å². The number of hydrogen-bond acceptors (Lipinski definition) is 3. The number of pyridine rings is 1. The van der Waals surface area contributed by atoms with Crippen molar-refractivity contribution in [3.63, 3.8) is 0 Å². The van der Waals surface area contributed by atoms with E-state index >= 15 is 0 Å². The molecule has 0 aliphatic rings. The first-order valence-electron chi connectivity index (χ1n) is 7.05. The normalized spacial score (nSPS) is 12.4. The molecule has 0 radical (unpaired) electrons. The third-order valence-electron chi connectivity index (χ3n) is 3.17. The number of methoxy groups -OCH3 is 1. The summed E-state index contributed by atoms with van der Waals surface area (Å²) in [7, 11) is 1.69. The smallest absolute Gasteiger partial charge is 0.217 e. The molecule has 1 rings (SSSR count). The Morgan fingerprint density at radius 3 is 2.78 bits per heavy atom. The number of aromatic nitrogens is 1. The highest BCUT2D eigenvalue weighted by Crippen LogP contribution is 2.26. The molecule has 1 aromatic heterocycles. The molecule has 1 aromatic rings. The Hall–Kier alpha value is -1.09. The second-order valence-electron chi connectivity index (χ2n) is 4.56. The zero-order valence-electron chi connectivity index (χ0n) is 11.9. The van der Waals surface area contributed by atoms with Crippen LogP contribution in [0.15, 0.2) is 18.3 Å². The van der Waals surface area contributed by atoms with Crippen molar-refractivity contribution in [2.24, 2.45) is 0 Å². The van der Waals surface area contributed by atoms with E-state index in [4.69, 9.17) is 4.74 Å². The lowest BCUT2D eigenvalue weighted by molar-refractivity contribution is 0.377. The van der Waals surface area contributed by atoms with Crippen molar-refractivity contribution in [1.29, 1.82) is 0 Å². The summed E-state index contributed by atoms with van der Waals surface area (Å²) in [5, 5.41) is 3.53. The van der Waals surface area contributed by atoms with E-state index in [1.165, 1.54) is 31.2 Å². The van der Waals surface area contributed by atoms with Gasteiger partial charge in [-0.15, -0.1) is 0 Å². The predicted molar refractivity (Wildman–Crippen MR) is 76.0 cm³/mol. The zero-order chi connectivity index (χ0) is 13.2. The van der Waals surface area contributed by atoms with Crippen LogP contribution in [0.1, 0.15) is 57.6 Å². The van der Waals surface area contributed by atoms with Gasteiger partial charge in [0.1, 0.15) is 0 Å². The van der Waals surface area contributed by atoms with Crippen LogP contribution >= 0.6 is 0 Å². The van der Waals surface area contributed by atoms with Gasteiger partial charge in [-0.25, -0.2) is 4.98 Å². The molecular weight excluding hydrogens is 224 g/mol. The monoisotopic (exact) mass is 250 g/mol. The van der Waals surface area contributed by atoms with Gasteiger partial charge < -0.3 is 10.1 Å². The minimum absolute atomic E-state index is 0.357. The van der Waals surface area contributed by atoms with Crippen LogP contribution in [0.2, 0.25) is 0 Å². The lowest BCUT2D eigenvalue weighted by Gasteiger charge is -2.19. The van der Waals surface area contributed by atoms with Crippen molar-refractivity contribution in [3.05, 3.63) is 23.9 Å². The molecule has 3 heteroatoms. The molecule has 0 aliphatic carbocycles. The number of nitrogens with zero attached hydrogens (tertiary/aromatic N) is 1. The first kappa shape index (κ1) is 15.0. The summed E-state index contributed by atoms with van der Waals surface area (Å²) in [5.74, 6) is 0.749. The lowest BCUT2D eigenvalue weighted by Crippen LogP contribution is -2.21. The number of hydrogen-bond donors (Lipinski definition) is 1. The van der Waals surface area contributed by atoms with Crippen LogP contribution in [0.5, 0.6) is 5.88 Å². The summed E-state index contributed by atoms with van der Waals surface area (Å²) in [6, 6.07) is 4.45. The lowest BCUT2D eigenvalue weighted by atomic mass is 10.0. The molecule has 0 spiro atoms. The highest BCUT2D eigenvalue weighted by Gasteiger charge is 2.15. The predicted octanol–water partition coefficient (Wildman–Crippen LogP) is 3.71. The van der Waals surface area contributed by atoms with E-state index in [9.17, 15) is 0 Å². The van der Waals surface area contributed by atoms with Gasteiger partial charge >= 0.3 is 0 Å². The Balaban J connectivity index is 2.64.